The molecule has 3 aliphatic carbocycles. The molecular formula is C32H40FNO3. The highest BCUT2D eigenvalue weighted by molar-refractivity contribution is 5.87. The maximum Gasteiger partial charge on any atom is 0.220 e. The number of carbonyl (C=O) groups is 2. The predicted molar refractivity (Wildman–Crippen MR) is 143 cm³/mol. The molecule has 2 aromatic rings. The first-order chi connectivity index (χ1) is 17.9. The van der Waals surface area contributed by atoms with E-state index in [4.69, 9.17) is 4.74 Å². The molecule has 4 nitrogen and oxygen atoms in total. The van der Waals surface area contributed by atoms with Crippen LogP contribution in [0, 0.1) is 29.0 Å². The molecular weight excluding hydrogens is 465 g/mol. The molecule has 2 saturated carbocycles. The summed E-state index contributed by atoms with van der Waals surface area (Å²) in [5, 5.41) is 2.89. The van der Waals surface area contributed by atoms with E-state index in [2.05, 4.69) is 30.4 Å². The summed E-state index contributed by atoms with van der Waals surface area (Å²) < 4.78 is 18.8. The van der Waals surface area contributed by atoms with Crippen molar-refractivity contribution in [3.05, 3.63) is 65.0 Å². The van der Waals surface area contributed by atoms with Gasteiger partial charge < -0.3 is 10.1 Å². The molecule has 0 saturated heterocycles. The Kier molecular flexibility index (Phi) is 7.69. The third-order valence-electron chi connectivity index (χ3n) is 9.64. The predicted octanol–water partition coefficient (Wildman–Crippen LogP) is 6.75. The number of carbonyl (C=O) groups excluding carboxylic acids is 2. The molecule has 0 unspecified atom stereocenters. The van der Waals surface area contributed by atoms with Gasteiger partial charge in [-0.05, 0) is 103 Å². The van der Waals surface area contributed by atoms with Crippen molar-refractivity contribution in [3.63, 3.8) is 0 Å². The molecule has 3 aliphatic rings. The van der Waals surface area contributed by atoms with E-state index in [9.17, 15) is 14.0 Å². The van der Waals surface area contributed by atoms with Crippen LogP contribution in [0.1, 0.15) is 87.3 Å². The minimum absolute atomic E-state index is 0.0144. The van der Waals surface area contributed by atoms with Gasteiger partial charge in [-0.2, -0.15) is 0 Å². The van der Waals surface area contributed by atoms with Gasteiger partial charge in [0.05, 0.1) is 7.11 Å². The Morgan fingerprint density at radius 3 is 2.81 bits per heavy atom. The fourth-order valence-electron chi connectivity index (χ4n) is 7.82. The third kappa shape index (κ3) is 5.32. The molecule has 5 rings (SSSR count). The number of unbranched alkanes of at least 4 members (excludes halogenated alkanes) is 2. The number of Topliss-reactive ketones (excluding diaryl/α,β-unsaturated/α-hetero) is 1. The average Bonchev–Trinajstić information content (AvgIpc) is 3.16. The first-order valence-electron chi connectivity index (χ1n) is 14.1. The molecule has 0 spiro atoms. The van der Waals surface area contributed by atoms with Gasteiger partial charge in [-0.15, -0.1) is 0 Å². The highest BCUT2D eigenvalue weighted by atomic mass is 19.1. The van der Waals surface area contributed by atoms with E-state index in [1.165, 1.54) is 29.7 Å². The average molecular weight is 506 g/mol. The molecule has 5 heteroatoms. The van der Waals surface area contributed by atoms with Gasteiger partial charge in [0.2, 0.25) is 5.91 Å². The molecule has 1 amide bonds. The summed E-state index contributed by atoms with van der Waals surface area (Å²) in [5.74, 6) is 3.24. The number of hydrogen-bond donors (Lipinski definition) is 1. The van der Waals surface area contributed by atoms with Crippen LogP contribution < -0.4 is 10.1 Å². The van der Waals surface area contributed by atoms with E-state index in [0.717, 1.165) is 62.7 Å². The highest BCUT2D eigenvalue weighted by Crippen LogP contribution is 2.62. The minimum Gasteiger partial charge on any atom is -0.497 e. The Balaban J connectivity index is 1.13. The largest absolute Gasteiger partial charge is 0.497 e. The van der Waals surface area contributed by atoms with Crippen LogP contribution in [0.25, 0.3) is 0 Å². The molecule has 0 aromatic heterocycles. The number of amides is 1. The van der Waals surface area contributed by atoms with Crippen LogP contribution in [0.3, 0.4) is 0 Å². The van der Waals surface area contributed by atoms with Crippen LogP contribution in [0.2, 0.25) is 0 Å². The van der Waals surface area contributed by atoms with Crippen molar-refractivity contribution in [2.24, 2.45) is 23.2 Å². The van der Waals surface area contributed by atoms with Crippen LogP contribution >= 0.6 is 0 Å². The van der Waals surface area contributed by atoms with Crippen molar-refractivity contribution in [3.8, 4) is 5.75 Å². The molecule has 0 radical (unpaired) electrons. The summed E-state index contributed by atoms with van der Waals surface area (Å²) in [5.41, 5.74) is 3.53. The minimum atomic E-state index is -0.282. The molecule has 1 N–H and O–H groups in total. The van der Waals surface area contributed by atoms with E-state index < -0.39 is 0 Å². The van der Waals surface area contributed by atoms with Gasteiger partial charge in [-0.3, -0.25) is 9.59 Å². The van der Waals surface area contributed by atoms with Gasteiger partial charge in [0.1, 0.15) is 17.3 Å². The summed E-state index contributed by atoms with van der Waals surface area (Å²) in [4.78, 5) is 25.5. The number of methoxy groups -OCH3 is 1. The first kappa shape index (κ1) is 25.9. The highest BCUT2D eigenvalue weighted by Gasteiger charge is 2.58. The Morgan fingerprint density at radius 2 is 2.00 bits per heavy atom. The van der Waals surface area contributed by atoms with Gasteiger partial charge in [0.25, 0.3) is 0 Å². The number of ether oxygens (including phenoxy) is 1. The Hall–Kier alpha value is -2.69. The van der Waals surface area contributed by atoms with Crippen molar-refractivity contribution in [2.45, 2.75) is 83.6 Å². The number of halogens is 1. The zero-order valence-corrected chi connectivity index (χ0v) is 22.2. The Labute approximate surface area is 220 Å². The lowest BCUT2D eigenvalue weighted by molar-refractivity contribution is -0.129. The molecule has 0 heterocycles. The van der Waals surface area contributed by atoms with Crippen LogP contribution in [0.15, 0.2) is 42.5 Å². The summed E-state index contributed by atoms with van der Waals surface area (Å²) >= 11 is 0. The quantitative estimate of drug-likeness (QED) is 0.384. The zero-order chi connectivity index (χ0) is 26.0. The SMILES string of the molecule is COc1ccc2c(c1)CC[C@H]1[C@@H]3[C@H](CCCCCC(=O)NCc4cccc(F)c4)CC(=O)[C@@]3(C)CC[C@H]21. The molecule has 0 aliphatic heterocycles. The number of benzene rings is 2. The molecule has 198 valence electrons. The second kappa shape index (κ2) is 11.0. The van der Waals surface area contributed by atoms with Gasteiger partial charge >= 0.3 is 0 Å². The number of rotatable bonds is 9. The summed E-state index contributed by atoms with van der Waals surface area (Å²) in [7, 11) is 1.73. The summed E-state index contributed by atoms with van der Waals surface area (Å²) in [6.07, 6.45) is 9.57. The smallest absolute Gasteiger partial charge is 0.220 e. The molecule has 5 atom stereocenters. The van der Waals surface area contributed by atoms with E-state index >= 15 is 0 Å². The van der Waals surface area contributed by atoms with Crippen LogP contribution in [0.4, 0.5) is 4.39 Å². The molecule has 0 bridgehead atoms. The lowest BCUT2D eigenvalue weighted by atomic mass is 9.54. The van der Waals surface area contributed by atoms with Crippen molar-refractivity contribution >= 4 is 11.7 Å². The van der Waals surface area contributed by atoms with E-state index in [0.29, 0.717) is 42.4 Å². The lowest BCUT2D eigenvalue weighted by Crippen LogP contribution is -2.44. The lowest BCUT2D eigenvalue weighted by Gasteiger charge is -2.50. The van der Waals surface area contributed by atoms with Gasteiger partial charge in [-0.25, -0.2) is 4.39 Å². The Bertz CT molecular complexity index is 1150. The standard InChI is InChI=1S/C32H40FNO3/c1-32-16-15-27-26-14-12-25(37-2)18-22(26)11-13-28(27)31(32)23(19-29(32)35)8-4-3-5-10-30(36)34-20-21-7-6-9-24(33)17-21/h6-7,9,12,14,17-18,23,27-28,31H,3-5,8,10-11,13,15-16,19-20H2,1-2H3,(H,34,36)/t23-,27-,28-,31+,32-/m1/s1. The van der Waals surface area contributed by atoms with Gasteiger partial charge in [-0.1, -0.05) is 38.0 Å². The van der Waals surface area contributed by atoms with Crippen LogP contribution in [0.5, 0.6) is 5.75 Å². The first-order valence-corrected chi connectivity index (χ1v) is 14.1. The van der Waals surface area contributed by atoms with Gasteiger partial charge in [0, 0.05) is 24.8 Å². The van der Waals surface area contributed by atoms with Crippen molar-refractivity contribution in [2.75, 3.05) is 7.11 Å². The monoisotopic (exact) mass is 505 g/mol. The fraction of sp³-hybridized carbons (Fsp3) is 0.562. The summed E-state index contributed by atoms with van der Waals surface area (Å²) in [6.45, 7) is 2.61. The van der Waals surface area contributed by atoms with E-state index in [1.807, 2.05) is 6.07 Å². The van der Waals surface area contributed by atoms with E-state index in [1.54, 1.807) is 13.2 Å². The van der Waals surface area contributed by atoms with Crippen molar-refractivity contribution in [1.29, 1.82) is 0 Å². The van der Waals surface area contributed by atoms with Crippen LogP contribution in [-0.4, -0.2) is 18.8 Å². The number of nitrogens with one attached hydrogen (secondary N) is 1. The maximum atomic E-state index is 13.3. The van der Waals surface area contributed by atoms with Crippen molar-refractivity contribution in [1.82, 2.24) is 5.32 Å². The third-order valence-corrected chi connectivity index (χ3v) is 9.64. The number of ketones is 1. The molecule has 2 aromatic carbocycles. The maximum absolute atomic E-state index is 13.3. The topological polar surface area (TPSA) is 55.4 Å². The summed E-state index contributed by atoms with van der Waals surface area (Å²) in [6, 6.07) is 12.9. The second-order valence-electron chi connectivity index (χ2n) is 11.7. The Morgan fingerprint density at radius 1 is 1.14 bits per heavy atom. The zero-order valence-electron chi connectivity index (χ0n) is 22.2. The van der Waals surface area contributed by atoms with Crippen LogP contribution in [-0.2, 0) is 22.6 Å². The normalized spacial score (nSPS) is 28.2. The van der Waals surface area contributed by atoms with E-state index in [-0.39, 0.29) is 17.1 Å². The number of aryl methyl sites for hydroxylation is 1. The fourth-order valence-corrected chi connectivity index (χ4v) is 7.82. The van der Waals surface area contributed by atoms with Gasteiger partial charge in [0.15, 0.2) is 0 Å². The molecule has 37 heavy (non-hydrogen) atoms. The van der Waals surface area contributed by atoms with Crippen molar-refractivity contribution < 1.29 is 18.7 Å². The molecule has 2 fully saturated rings. The number of hydrogen-bond acceptors (Lipinski definition) is 3. The number of fused-ring (bicyclic) bond motifs is 5. The second-order valence-corrected chi connectivity index (χ2v) is 11.7.